The third kappa shape index (κ3) is 7.29. The van der Waals surface area contributed by atoms with Crippen molar-refractivity contribution in [3.05, 3.63) is 18.0 Å². The van der Waals surface area contributed by atoms with Crippen molar-refractivity contribution in [1.82, 2.24) is 15.1 Å². The Balaban J connectivity index is 1.38. The monoisotopic (exact) mass is 489 g/mol. The van der Waals surface area contributed by atoms with Gasteiger partial charge < -0.3 is 19.9 Å². The fourth-order valence-electron chi connectivity index (χ4n) is 6.48. The van der Waals surface area contributed by atoms with Gasteiger partial charge in [0.1, 0.15) is 11.7 Å². The van der Waals surface area contributed by atoms with Crippen LogP contribution in [0.4, 0.5) is 0 Å². The van der Waals surface area contributed by atoms with Gasteiger partial charge >= 0.3 is 5.97 Å². The number of carboxylic acid groups (broad SMARTS) is 1. The molecule has 8 heteroatoms. The van der Waals surface area contributed by atoms with Crippen molar-refractivity contribution in [2.24, 2.45) is 17.8 Å². The molecule has 4 rings (SSSR count). The highest BCUT2D eigenvalue weighted by Gasteiger charge is 2.41. The van der Waals surface area contributed by atoms with E-state index in [0.717, 1.165) is 77.2 Å². The number of hydrogen-bond donors (Lipinski definition) is 2. The number of amides is 1. The molecule has 1 aromatic heterocycles. The molecule has 1 saturated heterocycles. The first-order chi connectivity index (χ1) is 17.1. The molecular formula is C27H43N3O5. The van der Waals surface area contributed by atoms with Crippen molar-refractivity contribution < 1.29 is 24.2 Å². The maximum Gasteiger partial charge on any atom is 0.326 e. The van der Waals surface area contributed by atoms with Gasteiger partial charge in [-0.3, -0.25) is 9.48 Å². The van der Waals surface area contributed by atoms with Crippen LogP contribution in [0, 0.1) is 17.8 Å². The summed E-state index contributed by atoms with van der Waals surface area (Å²) < 4.78 is 13.1. The van der Waals surface area contributed by atoms with Gasteiger partial charge in [-0.25, -0.2) is 4.79 Å². The third-order valence-electron chi connectivity index (χ3n) is 8.23. The number of nitrogens with zero attached hydrogens (tertiary/aromatic N) is 2. The van der Waals surface area contributed by atoms with Crippen molar-refractivity contribution in [2.75, 3.05) is 13.2 Å². The molecule has 0 bridgehead atoms. The molecule has 0 radical (unpaired) electrons. The Labute approximate surface area is 209 Å². The molecule has 1 aliphatic heterocycles. The lowest BCUT2D eigenvalue weighted by atomic mass is 9.66. The molecule has 1 amide bonds. The standard InChI is InChI=1S/C27H43N3O5/c31-26(22-15-16-28-30(22)17-9-19-35-23-14-7-8-18-34-23)29-25(27(32)33)24(20-10-3-1-4-11-20)21-12-5-2-6-13-21/h15-16,20-21,23-25H,1-14,17-19H2,(H,29,31)(H,32,33)/t23?,25-/m0/s1. The molecule has 0 spiro atoms. The Bertz CT molecular complexity index is 776. The van der Waals surface area contributed by atoms with Gasteiger partial charge in [0.15, 0.2) is 6.29 Å². The number of aliphatic carboxylic acids is 1. The molecule has 35 heavy (non-hydrogen) atoms. The topological polar surface area (TPSA) is 103 Å². The van der Waals surface area contributed by atoms with E-state index in [1.165, 1.54) is 12.8 Å². The summed E-state index contributed by atoms with van der Waals surface area (Å²) in [6, 6.07) is 0.819. The summed E-state index contributed by atoms with van der Waals surface area (Å²) in [6.45, 7) is 1.82. The van der Waals surface area contributed by atoms with Crippen LogP contribution in [0.5, 0.6) is 0 Å². The van der Waals surface area contributed by atoms with Crippen molar-refractivity contribution in [3.63, 3.8) is 0 Å². The van der Waals surface area contributed by atoms with Gasteiger partial charge in [-0.15, -0.1) is 0 Å². The van der Waals surface area contributed by atoms with E-state index in [-0.39, 0.29) is 18.1 Å². The lowest BCUT2D eigenvalue weighted by Gasteiger charge is -2.41. The second-order valence-corrected chi connectivity index (χ2v) is 10.6. The first-order valence-electron chi connectivity index (χ1n) is 13.9. The van der Waals surface area contributed by atoms with Crippen LogP contribution in [0.25, 0.3) is 0 Å². The molecule has 2 saturated carbocycles. The molecular weight excluding hydrogens is 446 g/mol. The van der Waals surface area contributed by atoms with E-state index in [0.29, 0.717) is 37.1 Å². The van der Waals surface area contributed by atoms with E-state index in [9.17, 15) is 14.7 Å². The lowest BCUT2D eigenvalue weighted by molar-refractivity contribution is -0.163. The van der Waals surface area contributed by atoms with Crippen LogP contribution in [0.1, 0.15) is 100 Å². The Hall–Kier alpha value is -1.93. The zero-order valence-corrected chi connectivity index (χ0v) is 21.0. The van der Waals surface area contributed by atoms with Crippen molar-refractivity contribution in [2.45, 2.75) is 109 Å². The molecule has 2 atom stereocenters. The van der Waals surface area contributed by atoms with Gasteiger partial charge in [0, 0.05) is 19.3 Å². The molecule has 1 aromatic rings. The van der Waals surface area contributed by atoms with Crippen LogP contribution < -0.4 is 5.32 Å². The first-order valence-corrected chi connectivity index (χ1v) is 13.9. The van der Waals surface area contributed by atoms with E-state index >= 15 is 0 Å². The Kier molecular flexibility index (Phi) is 10.0. The number of aromatic nitrogens is 2. The van der Waals surface area contributed by atoms with Crippen LogP contribution in [0.2, 0.25) is 0 Å². The summed E-state index contributed by atoms with van der Waals surface area (Å²) in [5.41, 5.74) is 0.413. The highest BCUT2D eigenvalue weighted by atomic mass is 16.7. The van der Waals surface area contributed by atoms with Crippen LogP contribution in [0.3, 0.4) is 0 Å². The minimum atomic E-state index is -0.911. The predicted octanol–water partition coefficient (Wildman–Crippen LogP) is 4.78. The molecule has 1 unspecified atom stereocenters. The number of aryl methyl sites for hydroxylation is 1. The fraction of sp³-hybridized carbons (Fsp3) is 0.815. The van der Waals surface area contributed by atoms with Crippen LogP contribution in [-0.2, 0) is 20.8 Å². The van der Waals surface area contributed by atoms with Gasteiger partial charge in [-0.05, 0) is 49.5 Å². The van der Waals surface area contributed by atoms with Crippen molar-refractivity contribution >= 4 is 11.9 Å². The number of carboxylic acids is 1. The van der Waals surface area contributed by atoms with Gasteiger partial charge in [0.25, 0.3) is 5.91 Å². The maximum atomic E-state index is 13.3. The van der Waals surface area contributed by atoms with E-state index in [1.54, 1.807) is 16.9 Å². The predicted molar refractivity (Wildman–Crippen MR) is 132 cm³/mol. The zero-order valence-electron chi connectivity index (χ0n) is 21.0. The van der Waals surface area contributed by atoms with Crippen LogP contribution in [-0.4, -0.2) is 52.3 Å². The second-order valence-electron chi connectivity index (χ2n) is 10.6. The molecule has 2 heterocycles. The van der Waals surface area contributed by atoms with E-state index in [4.69, 9.17) is 9.47 Å². The van der Waals surface area contributed by atoms with Crippen LogP contribution >= 0.6 is 0 Å². The number of carbonyl (C=O) groups excluding carboxylic acids is 1. The Morgan fingerprint density at radius 2 is 1.69 bits per heavy atom. The molecule has 2 aliphatic carbocycles. The Morgan fingerprint density at radius 3 is 2.29 bits per heavy atom. The lowest BCUT2D eigenvalue weighted by Crippen LogP contribution is -2.51. The third-order valence-corrected chi connectivity index (χ3v) is 8.23. The molecule has 0 aromatic carbocycles. The van der Waals surface area contributed by atoms with Crippen LogP contribution in [0.15, 0.2) is 12.3 Å². The summed E-state index contributed by atoms with van der Waals surface area (Å²) in [7, 11) is 0. The van der Waals surface area contributed by atoms with Gasteiger partial charge in [-0.1, -0.05) is 64.2 Å². The summed E-state index contributed by atoms with van der Waals surface area (Å²) >= 11 is 0. The summed E-state index contributed by atoms with van der Waals surface area (Å²) in [5, 5.41) is 17.5. The first kappa shape index (κ1) is 26.1. The number of rotatable bonds is 11. The average molecular weight is 490 g/mol. The maximum absolute atomic E-state index is 13.3. The SMILES string of the molecule is O=C(N[C@H](C(=O)O)C(C1CCCCC1)C1CCCCC1)c1ccnn1CCCOC1CCCCO1. The highest BCUT2D eigenvalue weighted by Crippen LogP contribution is 2.41. The molecule has 196 valence electrons. The zero-order chi connectivity index (χ0) is 24.5. The van der Waals surface area contributed by atoms with Gasteiger partial charge in [-0.2, -0.15) is 5.10 Å². The minimum Gasteiger partial charge on any atom is -0.480 e. The number of hydrogen-bond acceptors (Lipinski definition) is 5. The molecule has 2 N–H and O–H groups in total. The average Bonchev–Trinajstić information content (AvgIpc) is 3.37. The fourth-order valence-corrected chi connectivity index (χ4v) is 6.48. The van der Waals surface area contributed by atoms with Crippen molar-refractivity contribution in [3.8, 4) is 0 Å². The minimum absolute atomic E-state index is 0.00249. The summed E-state index contributed by atoms with van der Waals surface area (Å²) in [6.07, 6.45) is 16.7. The quantitative estimate of drug-likeness (QED) is 0.434. The second kappa shape index (κ2) is 13.4. The number of carbonyl (C=O) groups is 2. The van der Waals surface area contributed by atoms with E-state index < -0.39 is 12.0 Å². The normalized spacial score (nSPS) is 23.3. The van der Waals surface area contributed by atoms with Gasteiger partial charge in [0.2, 0.25) is 0 Å². The summed E-state index contributed by atoms with van der Waals surface area (Å²) in [5.74, 6) is -0.513. The Morgan fingerprint density at radius 1 is 1.03 bits per heavy atom. The van der Waals surface area contributed by atoms with Crippen molar-refractivity contribution in [1.29, 1.82) is 0 Å². The molecule has 3 aliphatic rings. The summed E-state index contributed by atoms with van der Waals surface area (Å²) in [4.78, 5) is 25.8. The number of ether oxygens (including phenoxy) is 2. The van der Waals surface area contributed by atoms with E-state index in [1.807, 2.05) is 0 Å². The molecule has 8 nitrogen and oxygen atoms in total. The van der Waals surface area contributed by atoms with E-state index in [2.05, 4.69) is 10.4 Å². The smallest absolute Gasteiger partial charge is 0.326 e. The largest absolute Gasteiger partial charge is 0.480 e. The van der Waals surface area contributed by atoms with Gasteiger partial charge in [0.05, 0.1) is 6.61 Å². The molecule has 3 fully saturated rings. The highest BCUT2D eigenvalue weighted by molar-refractivity contribution is 5.95. The number of nitrogens with one attached hydrogen (secondary N) is 1.